The number of fused-ring (bicyclic) bond motifs is 5. The minimum absolute atomic E-state index is 0.0127. The highest BCUT2D eigenvalue weighted by molar-refractivity contribution is 5.86. The summed E-state index contributed by atoms with van der Waals surface area (Å²) in [6.07, 6.45) is 4.90. The summed E-state index contributed by atoms with van der Waals surface area (Å²) in [6, 6.07) is 13.1. The topological polar surface area (TPSA) is 58.6 Å². The SMILES string of the molecule is CCCCCC(NC(=O)OC(C)(C)C)C(=O)N1CCC2(CC1)c1cc(C)ccc1-c1ccc(C)cc12. The van der Waals surface area contributed by atoms with Gasteiger partial charge in [0.2, 0.25) is 5.91 Å². The first kappa shape index (κ1) is 26.2. The summed E-state index contributed by atoms with van der Waals surface area (Å²) in [5.41, 5.74) is 7.36. The van der Waals surface area contributed by atoms with Crippen LogP contribution in [0.3, 0.4) is 0 Å². The highest BCUT2D eigenvalue weighted by Crippen LogP contribution is 2.54. The molecular weight excluding hydrogens is 448 g/mol. The molecule has 4 rings (SSSR count). The second kappa shape index (κ2) is 10.3. The standard InChI is InChI=1S/C31H42N2O3/c1-7-8-9-10-27(32-29(35)36-30(4,5)6)28(34)33-17-15-31(16-18-33)25-19-21(2)11-13-23(25)24-14-12-22(3)20-26(24)31/h11-14,19-20,27H,7-10,15-18H2,1-6H3,(H,32,35). The van der Waals surface area contributed by atoms with E-state index in [1.807, 2.05) is 25.7 Å². The number of hydrogen-bond donors (Lipinski definition) is 1. The van der Waals surface area contributed by atoms with Crippen molar-refractivity contribution in [1.29, 1.82) is 0 Å². The molecule has 2 aromatic rings. The normalized spacial score (nSPS) is 16.9. The van der Waals surface area contributed by atoms with E-state index >= 15 is 0 Å². The Balaban J connectivity index is 1.54. The second-order valence-electron chi connectivity index (χ2n) is 11.7. The van der Waals surface area contributed by atoms with Gasteiger partial charge in [-0.2, -0.15) is 0 Å². The van der Waals surface area contributed by atoms with Crippen molar-refractivity contribution < 1.29 is 14.3 Å². The number of hydrogen-bond acceptors (Lipinski definition) is 3. The number of carbonyl (C=O) groups is 2. The van der Waals surface area contributed by atoms with Crippen LogP contribution in [-0.4, -0.2) is 41.6 Å². The Bertz CT molecular complexity index is 1070. The van der Waals surface area contributed by atoms with Crippen molar-refractivity contribution in [3.05, 3.63) is 58.7 Å². The molecule has 1 heterocycles. The maximum atomic E-state index is 13.7. The molecule has 0 bridgehead atoms. The van der Waals surface area contributed by atoms with Crippen LogP contribution in [0.4, 0.5) is 4.79 Å². The molecule has 2 aliphatic rings. The first-order chi connectivity index (χ1) is 17.0. The van der Waals surface area contributed by atoms with Crippen molar-refractivity contribution in [3.8, 4) is 11.1 Å². The number of alkyl carbamates (subject to hydrolysis) is 1. The number of benzene rings is 2. The van der Waals surface area contributed by atoms with Crippen molar-refractivity contribution in [2.45, 2.75) is 97.1 Å². The number of amides is 2. The van der Waals surface area contributed by atoms with Gasteiger partial charge >= 0.3 is 6.09 Å². The molecule has 0 aromatic heterocycles. The summed E-state index contributed by atoms with van der Waals surface area (Å²) in [7, 11) is 0. The number of ether oxygens (including phenoxy) is 1. The molecular formula is C31H42N2O3. The molecule has 2 aromatic carbocycles. The molecule has 0 radical (unpaired) electrons. The van der Waals surface area contributed by atoms with Gasteiger partial charge in [0.1, 0.15) is 11.6 Å². The van der Waals surface area contributed by atoms with Gasteiger partial charge in [0, 0.05) is 18.5 Å². The number of piperidine rings is 1. The van der Waals surface area contributed by atoms with Gasteiger partial charge in [-0.1, -0.05) is 73.7 Å². The van der Waals surface area contributed by atoms with E-state index in [9.17, 15) is 9.59 Å². The third kappa shape index (κ3) is 5.30. The van der Waals surface area contributed by atoms with Crippen LogP contribution in [0, 0.1) is 13.8 Å². The van der Waals surface area contributed by atoms with Gasteiger partial charge < -0.3 is 15.0 Å². The Hall–Kier alpha value is -2.82. The monoisotopic (exact) mass is 490 g/mol. The lowest BCUT2D eigenvalue weighted by Crippen LogP contribution is -2.53. The third-order valence-corrected chi connectivity index (χ3v) is 7.69. The third-order valence-electron chi connectivity index (χ3n) is 7.69. The minimum Gasteiger partial charge on any atom is -0.444 e. The maximum absolute atomic E-state index is 13.7. The Morgan fingerprint density at radius 3 is 2.03 bits per heavy atom. The van der Waals surface area contributed by atoms with Crippen molar-refractivity contribution >= 4 is 12.0 Å². The molecule has 0 saturated carbocycles. The van der Waals surface area contributed by atoms with Crippen molar-refractivity contribution in [2.24, 2.45) is 0 Å². The number of likely N-dealkylation sites (tertiary alicyclic amines) is 1. The molecule has 1 unspecified atom stereocenters. The summed E-state index contributed by atoms with van der Waals surface area (Å²) in [5.74, 6) is 0.0127. The van der Waals surface area contributed by atoms with E-state index < -0.39 is 17.7 Å². The van der Waals surface area contributed by atoms with E-state index in [0.717, 1.165) is 32.1 Å². The fourth-order valence-corrected chi connectivity index (χ4v) is 5.90. The zero-order chi connectivity index (χ0) is 26.1. The Morgan fingerprint density at radius 2 is 1.53 bits per heavy atom. The molecule has 5 heteroatoms. The highest BCUT2D eigenvalue weighted by atomic mass is 16.6. The molecule has 1 aliphatic carbocycles. The first-order valence-corrected chi connectivity index (χ1v) is 13.5. The molecule has 1 N–H and O–H groups in total. The lowest BCUT2D eigenvalue weighted by atomic mass is 9.70. The van der Waals surface area contributed by atoms with Crippen molar-refractivity contribution in [3.63, 3.8) is 0 Å². The van der Waals surface area contributed by atoms with E-state index in [0.29, 0.717) is 19.5 Å². The quantitative estimate of drug-likeness (QED) is 0.460. The zero-order valence-corrected chi connectivity index (χ0v) is 22.9. The molecule has 5 nitrogen and oxygen atoms in total. The van der Waals surface area contributed by atoms with Gasteiger partial charge in [-0.05, 0) is 76.1 Å². The number of nitrogens with one attached hydrogen (secondary N) is 1. The maximum Gasteiger partial charge on any atom is 0.408 e. The summed E-state index contributed by atoms with van der Waals surface area (Å²) in [5, 5.41) is 2.88. The Morgan fingerprint density at radius 1 is 0.972 bits per heavy atom. The van der Waals surface area contributed by atoms with Gasteiger partial charge in [-0.25, -0.2) is 4.79 Å². The summed E-state index contributed by atoms with van der Waals surface area (Å²) < 4.78 is 5.47. The highest BCUT2D eigenvalue weighted by Gasteiger charge is 2.46. The number of rotatable bonds is 6. The van der Waals surface area contributed by atoms with Crippen LogP contribution in [-0.2, 0) is 14.9 Å². The largest absolute Gasteiger partial charge is 0.444 e. The summed E-state index contributed by atoms with van der Waals surface area (Å²) >= 11 is 0. The Kier molecular flexibility index (Phi) is 7.49. The fraction of sp³-hybridized carbons (Fsp3) is 0.548. The zero-order valence-electron chi connectivity index (χ0n) is 22.9. The molecule has 1 fully saturated rings. The average Bonchev–Trinajstić information content (AvgIpc) is 3.05. The number of carbonyl (C=O) groups excluding carboxylic acids is 2. The molecule has 2 amide bonds. The van der Waals surface area contributed by atoms with Crippen molar-refractivity contribution in [2.75, 3.05) is 13.1 Å². The van der Waals surface area contributed by atoms with E-state index in [2.05, 4.69) is 62.5 Å². The van der Waals surface area contributed by atoms with Gasteiger partial charge in [0.25, 0.3) is 0 Å². The van der Waals surface area contributed by atoms with E-state index in [1.54, 1.807) is 0 Å². The van der Waals surface area contributed by atoms with Gasteiger partial charge in [0.15, 0.2) is 0 Å². The number of unbranched alkanes of at least 4 members (excludes halogenated alkanes) is 2. The number of aryl methyl sites for hydroxylation is 2. The van der Waals surface area contributed by atoms with Gasteiger partial charge in [-0.15, -0.1) is 0 Å². The first-order valence-electron chi connectivity index (χ1n) is 13.5. The van der Waals surface area contributed by atoms with Crippen LogP contribution in [0.5, 0.6) is 0 Å². The van der Waals surface area contributed by atoms with Crippen LogP contribution in [0.1, 0.15) is 88.5 Å². The van der Waals surface area contributed by atoms with Crippen LogP contribution in [0.2, 0.25) is 0 Å². The lowest BCUT2D eigenvalue weighted by molar-refractivity contribution is -0.135. The average molecular weight is 491 g/mol. The van der Waals surface area contributed by atoms with Gasteiger partial charge in [0.05, 0.1) is 0 Å². The second-order valence-corrected chi connectivity index (χ2v) is 11.7. The minimum atomic E-state index is -0.599. The van der Waals surface area contributed by atoms with Crippen LogP contribution in [0.15, 0.2) is 36.4 Å². The molecule has 1 spiro atoms. The van der Waals surface area contributed by atoms with E-state index in [1.165, 1.54) is 33.4 Å². The molecule has 1 aliphatic heterocycles. The van der Waals surface area contributed by atoms with E-state index in [-0.39, 0.29) is 11.3 Å². The Labute approximate surface area is 216 Å². The molecule has 1 atom stereocenters. The lowest BCUT2D eigenvalue weighted by Gasteiger charge is -2.42. The van der Waals surface area contributed by atoms with Crippen LogP contribution >= 0.6 is 0 Å². The molecule has 36 heavy (non-hydrogen) atoms. The fourth-order valence-electron chi connectivity index (χ4n) is 5.90. The predicted octanol–water partition coefficient (Wildman–Crippen LogP) is 6.67. The smallest absolute Gasteiger partial charge is 0.408 e. The summed E-state index contributed by atoms with van der Waals surface area (Å²) in [4.78, 5) is 28.1. The van der Waals surface area contributed by atoms with Crippen LogP contribution < -0.4 is 5.32 Å². The summed E-state index contributed by atoms with van der Waals surface area (Å²) in [6.45, 7) is 13.3. The molecule has 1 saturated heterocycles. The van der Waals surface area contributed by atoms with Gasteiger partial charge in [-0.3, -0.25) is 4.79 Å². The van der Waals surface area contributed by atoms with Crippen LogP contribution in [0.25, 0.3) is 11.1 Å². The van der Waals surface area contributed by atoms with E-state index in [4.69, 9.17) is 4.74 Å². The molecule has 194 valence electrons. The van der Waals surface area contributed by atoms with Crippen molar-refractivity contribution in [1.82, 2.24) is 10.2 Å². The number of nitrogens with zero attached hydrogens (tertiary/aromatic N) is 1. The predicted molar refractivity (Wildman–Crippen MR) is 145 cm³/mol.